The van der Waals surface area contributed by atoms with E-state index in [0.29, 0.717) is 30.2 Å². The molecule has 31 heavy (non-hydrogen) atoms. The van der Waals surface area contributed by atoms with Gasteiger partial charge < -0.3 is 10.1 Å². The van der Waals surface area contributed by atoms with Crippen molar-refractivity contribution in [1.82, 2.24) is 9.78 Å². The van der Waals surface area contributed by atoms with Crippen molar-refractivity contribution in [3.63, 3.8) is 0 Å². The maximum Gasteiger partial charge on any atom is 0.416 e. The number of benzene rings is 2. The molecule has 4 rings (SSSR count). The number of amides is 1. The Labute approximate surface area is 177 Å². The largest absolute Gasteiger partial charge is 0.416 e. The third-order valence-corrected chi connectivity index (χ3v) is 5.09. The highest BCUT2D eigenvalue weighted by Gasteiger charge is 2.34. The molecule has 1 saturated carbocycles. The Morgan fingerprint density at radius 2 is 1.97 bits per heavy atom. The number of carbonyl (C=O) groups is 1. The molecule has 2 aromatic carbocycles. The number of halogens is 3. The first-order valence-electron chi connectivity index (χ1n) is 10.1. The minimum absolute atomic E-state index is 0.0991. The Morgan fingerprint density at radius 3 is 2.68 bits per heavy atom. The second kappa shape index (κ2) is 8.55. The molecule has 1 heterocycles. The summed E-state index contributed by atoms with van der Waals surface area (Å²) in [5.41, 5.74) is 2.10. The van der Waals surface area contributed by atoms with Gasteiger partial charge in [0.15, 0.2) is 0 Å². The van der Waals surface area contributed by atoms with E-state index in [1.165, 1.54) is 16.9 Å². The molecule has 0 radical (unpaired) electrons. The summed E-state index contributed by atoms with van der Waals surface area (Å²) in [4.78, 5) is 13.0. The Kier molecular flexibility index (Phi) is 5.82. The molecule has 0 unspecified atom stereocenters. The van der Waals surface area contributed by atoms with Gasteiger partial charge in [0.1, 0.15) is 0 Å². The van der Waals surface area contributed by atoms with E-state index in [-0.39, 0.29) is 17.5 Å². The van der Waals surface area contributed by atoms with Gasteiger partial charge in [0.2, 0.25) is 0 Å². The second-order valence-corrected chi connectivity index (χ2v) is 7.47. The van der Waals surface area contributed by atoms with Gasteiger partial charge in [0.25, 0.3) is 5.91 Å². The Hall–Kier alpha value is -3.13. The minimum Gasteiger partial charge on any atom is -0.377 e. The van der Waals surface area contributed by atoms with Crippen molar-refractivity contribution in [2.45, 2.75) is 38.5 Å². The Balaban J connectivity index is 1.62. The summed E-state index contributed by atoms with van der Waals surface area (Å²) in [6, 6.07) is 12.3. The summed E-state index contributed by atoms with van der Waals surface area (Å²) >= 11 is 0. The minimum atomic E-state index is -4.45. The molecule has 0 bridgehead atoms. The van der Waals surface area contributed by atoms with E-state index < -0.39 is 11.7 Å². The number of nitrogens with one attached hydrogen (secondary N) is 1. The number of carbonyl (C=O) groups excluding carboxylic acids is 1. The zero-order valence-corrected chi connectivity index (χ0v) is 16.9. The molecule has 0 spiro atoms. The number of aromatic nitrogens is 2. The maximum atomic E-state index is 13.1. The van der Waals surface area contributed by atoms with Crippen LogP contribution in [0.4, 0.5) is 18.9 Å². The number of anilines is 1. The van der Waals surface area contributed by atoms with Gasteiger partial charge in [0.05, 0.1) is 35.3 Å². The molecule has 1 amide bonds. The highest BCUT2D eigenvalue weighted by Crippen LogP contribution is 2.43. The van der Waals surface area contributed by atoms with Gasteiger partial charge in [-0.3, -0.25) is 4.79 Å². The first-order chi connectivity index (χ1) is 14.9. The predicted molar refractivity (Wildman–Crippen MR) is 110 cm³/mol. The number of ether oxygens (including phenoxy) is 1. The van der Waals surface area contributed by atoms with E-state index in [2.05, 4.69) is 10.4 Å². The average Bonchev–Trinajstić information content (AvgIpc) is 3.49. The molecule has 3 aromatic rings. The van der Waals surface area contributed by atoms with Crippen LogP contribution >= 0.6 is 0 Å². The fourth-order valence-corrected chi connectivity index (χ4v) is 3.46. The van der Waals surface area contributed by atoms with Crippen molar-refractivity contribution in [1.29, 1.82) is 0 Å². The summed E-state index contributed by atoms with van der Waals surface area (Å²) in [5.74, 6) is -0.240. The lowest BCUT2D eigenvalue weighted by Crippen LogP contribution is -2.14. The van der Waals surface area contributed by atoms with Crippen LogP contribution < -0.4 is 5.32 Å². The van der Waals surface area contributed by atoms with Crippen LogP contribution in [0.2, 0.25) is 0 Å². The standard InChI is InChI=1S/C23H22F3N3O2/c1-2-31-14-15-5-3-7-18(11-15)28-22(30)20-13-27-29(21(20)16-9-10-16)19-8-4-6-17(12-19)23(24,25)26/h3-8,11-13,16H,2,9-10,14H2,1H3,(H,28,30). The number of hydrogen-bond donors (Lipinski definition) is 1. The molecule has 1 aromatic heterocycles. The van der Waals surface area contributed by atoms with Gasteiger partial charge in [-0.1, -0.05) is 18.2 Å². The van der Waals surface area contributed by atoms with Crippen molar-refractivity contribution in [2.75, 3.05) is 11.9 Å². The lowest BCUT2D eigenvalue weighted by atomic mass is 10.1. The molecule has 162 valence electrons. The smallest absolute Gasteiger partial charge is 0.377 e. The lowest BCUT2D eigenvalue weighted by Gasteiger charge is -2.12. The van der Waals surface area contributed by atoms with Crippen LogP contribution in [0.1, 0.15) is 52.9 Å². The molecule has 1 aliphatic carbocycles. The third-order valence-electron chi connectivity index (χ3n) is 5.09. The quantitative estimate of drug-likeness (QED) is 0.535. The topological polar surface area (TPSA) is 56.1 Å². The van der Waals surface area contributed by atoms with Gasteiger partial charge in [-0.2, -0.15) is 18.3 Å². The highest BCUT2D eigenvalue weighted by atomic mass is 19.4. The number of rotatable bonds is 7. The zero-order chi connectivity index (χ0) is 22.0. The number of nitrogens with zero attached hydrogens (tertiary/aromatic N) is 2. The van der Waals surface area contributed by atoms with Crippen LogP contribution in [0.5, 0.6) is 0 Å². The fraction of sp³-hybridized carbons (Fsp3) is 0.304. The molecule has 1 aliphatic rings. The lowest BCUT2D eigenvalue weighted by molar-refractivity contribution is -0.137. The van der Waals surface area contributed by atoms with Crippen LogP contribution in [0.25, 0.3) is 5.69 Å². The molecule has 0 aliphatic heterocycles. The summed E-state index contributed by atoms with van der Waals surface area (Å²) in [6.45, 7) is 2.95. The first kappa shape index (κ1) is 21.1. The molecule has 0 saturated heterocycles. The van der Waals surface area contributed by atoms with Gasteiger partial charge in [-0.15, -0.1) is 0 Å². The van der Waals surface area contributed by atoms with Crippen LogP contribution in [0.3, 0.4) is 0 Å². The van der Waals surface area contributed by atoms with Crippen LogP contribution in [0.15, 0.2) is 54.7 Å². The van der Waals surface area contributed by atoms with Crippen LogP contribution in [-0.2, 0) is 17.5 Å². The predicted octanol–water partition coefficient (Wildman–Crippen LogP) is 5.56. The van der Waals surface area contributed by atoms with E-state index in [0.717, 1.165) is 30.5 Å². The van der Waals surface area contributed by atoms with Gasteiger partial charge in [-0.05, 0) is 55.7 Å². The summed E-state index contributed by atoms with van der Waals surface area (Å²) in [6.07, 6.45) is -1.29. The van der Waals surface area contributed by atoms with Crippen molar-refractivity contribution < 1.29 is 22.7 Å². The zero-order valence-electron chi connectivity index (χ0n) is 16.9. The normalized spacial score (nSPS) is 13.9. The van der Waals surface area contributed by atoms with E-state index in [1.807, 2.05) is 25.1 Å². The summed E-state index contributed by atoms with van der Waals surface area (Å²) in [5, 5.41) is 7.13. The molecular formula is C23H22F3N3O2. The van der Waals surface area contributed by atoms with Gasteiger partial charge in [-0.25, -0.2) is 4.68 Å². The van der Waals surface area contributed by atoms with Gasteiger partial charge >= 0.3 is 6.18 Å². The van der Waals surface area contributed by atoms with E-state index in [4.69, 9.17) is 4.74 Å². The molecule has 0 atom stereocenters. The first-order valence-corrected chi connectivity index (χ1v) is 10.1. The van der Waals surface area contributed by atoms with Gasteiger partial charge in [0, 0.05) is 18.2 Å². The summed E-state index contributed by atoms with van der Waals surface area (Å²) < 4.78 is 46.3. The Morgan fingerprint density at radius 1 is 1.19 bits per heavy atom. The van der Waals surface area contributed by atoms with Crippen molar-refractivity contribution in [3.05, 3.63) is 77.1 Å². The summed E-state index contributed by atoms with van der Waals surface area (Å²) in [7, 11) is 0. The average molecular weight is 429 g/mol. The number of hydrogen-bond acceptors (Lipinski definition) is 3. The van der Waals surface area contributed by atoms with Crippen LogP contribution in [-0.4, -0.2) is 22.3 Å². The SMILES string of the molecule is CCOCc1cccc(NC(=O)c2cnn(-c3cccc(C(F)(F)F)c3)c2C2CC2)c1. The molecule has 1 N–H and O–H groups in total. The number of alkyl halides is 3. The van der Waals surface area contributed by atoms with E-state index in [1.54, 1.807) is 12.1 Å². The maximum absolute atomic E-state index is 13.1. The van der Waals surface area contributed by atoms with Crippen LogP contribution in [0, 0.1) is 0 Å². The Bertz CT molecular complexity index is 1090. The van der Waals surface area contributed by atoms with E-state index >= 15 is 0 Å². The van der Waals surface area contributed by atoms with Crippen molar-refractivity contribution in [2.24, 2.45) is 0 Å². The van der Waals surface area contributed by atoms with Crippen molar-refractivity contribution >= 4 is 11.6 Å². The second-order valence-electron chi connectivity index (χ2n) is 7.47. The molecule has 1 fully saturated rings. The molecule has 5 nitrogen and oxygen atoms in total. The molecular weight excluding hydrogens is 407 g/mol. The van der Waals surface area contributed by atoms with E-state index in [9.17, 15) is 18.0 Å². The third kappa shape index (κ3) is 4.80. The monoisotopic (exact) mass is 429 g/mol. The highest BCUT2D eigenvalue weighted by molar-refractivity contribution is 6.05. The fourth-order valence-electron chi connectivity index (χ4n) is 3.46. The van der Waals surface area contributed by atoms with Crippen molar-refractivity contribution in [3.8, 4) is 5.69 Å². The molecule has 8 heteroatoms.